The van der Waals surface area contributed by atoms with Gasteiger partial charge in [-0.05, 0) is 33.1 Å². The van der Waals surface area contributed by atoms with Crippen LogP contribution in [-0.4, -0.2) is 83.2 Å². The van der Waals surface area contributed by atoms with E-state index < -0.39 is 37.4 Å². The molecule has 26 heavy (non-hydrogen) atoms. The van der Waals surface area contributed by atoms with Crippen molar-refractivity contribution in [3.63, 3.8) is 0 Å². The van der Waals surface area contributed by atoms with E-state index in [4.69, 9.17) is 0 Å². The molecule has 0 aromatic heterocycles. The largest absolute Gasteiger partial charge is 0.326 e. The van der Waals surface area contributed by atoms with Gasteiger partial charge >= 0.3 is 20.4 Å². The van der Waals surface area contributed by atoms with Gasteiger partial charge in [0.05, 0.1) is 53.4 Å². The van der Waals surface area contributed by atoms with E-state index in [0.717, 1.165) is 0 Å². The molecule has 2 heterocycles. The summed E-state index contributed by atoms with van der Waals surface area (Å²) >= 11 is 0. The molecule has 0 aromatic rings. The third kappa shape index (κ3) is 5.36. The summed E-state index contributed by atoms with van der Waals surface area (Å²) < 4.78 is 68.9. The van der Waals surface area contributed by atoms with Crippen molar-refractivity contribution in [3.8, 4) is 0 Å². The first kappa shape index (κ1) is 23.7. The Morgan fingerprint density at radius 2 is 1.08 bits per heavy atom. The van der Waals surface area contributed by atoms with E-state index in [1.54, 1.807) is 7.05 Å². The monoisotopic (exact) mass is 420 g/mol. The van der Waals surface area contributed by atoms with Crippen LogP contribution in [0.25, 0.3) is 0 Å². The Morgan fingerprint density at radius 3 is 1.35 bits per heavy atom. The number of piperidine rings is 2. The first-order valence-electron chi connectivity index (χ1n) is 9.30. The van der Waals surface area contributed by atoms with Crippen molar-refractivity contribution in [1.82, 2.24) is 0 Å². The predicted octanol–water partition coefficient (Wildman–Crippen LogP) is 2.18. The summed E-state index contributed by atoms with van der Waals surface area (Å²) in [6.07, 6.45) is 3.27. The molecule has 0 radical (unpaired) electrons. The minimum absolute atomic E-state index is 0.114. The average Bonchev–Trinajstić information content (AvgIpc) is 2.55. The van der Waals surface area contributed by atoms with Crippen LogP contribution in [0.5, 0.6) is 0 Å². The van der Waals surface area contributed by atoms with E-state index in [1.165, 1.54) is 43.4 Å². The normalized spacial score (nSPS) is 25.0. The molecule has 0 N–H and O–H groups in total. The molecule has 0 spiro atoms. The summed E-state index contributed by atoms with van der Waals surface area (Å²) in [5.41, 5.74) is 0. The van der Waals surface area contributed by atoms with Crippen LogP contribution in [0.1, 0.15) is 46.0 Å². The number of quaternary nitrogens is 2. The third-order valence-corrected chi connectivity index (χ3v) is 10.2. The second-order valence-corrected chi connectivity index (χ2v) is 11.7. The number of hydrogen-bond donors (Lipinski definition) is 0. The fraction of sp³-hybridized carbons (Fsp3) is 1.00. The summed E-state index contributed by atoms with van der Waals surface area (Å²) in [6.45, 7) is 9.17. The van der Waals surface area contributed by atoms with Gasteiger partial charge in [0.15, 0.2) is 0 Å². The number of likely N-dealkylation sites (tertiary alicyclic amines) is 2. The van der Waals surface area contributed by atoms with Gasteiger partial charge in [0.2, 0.25) is 4.08 Å². The van der Waals surface area contributed by atoms with Gasteiger partial charge in [-0.1, -0.05) is 0 Å². The molecule has 0 bridgehead atoms. The molecule has 6 nitrogen and oxygen atoms in total. The zero-order chi connectivity index (χ0) is 20.3. The van der Waals surface area contributed by atoms with Crippen molar-refractivity contribution >= 4 is 20.4 Å². The van der Waals surface area contributed by atoms with E-state index in [2.05, 4.69) is 14.0 Å². The fourth-order valence-corrected chi connectivity index (χ4v) is 5.92. The second-order valence-electron chi connectivity index (χ2n) is 8.11. The smallest absolute Gasteiger partial charge is 0.325 e. The quantitative estimate of drug-likeness (QED) is 0.516. The maximum absolute atomic E-state index is 13.1. The van der Waals surface area contributed by atoms with Crippen LogP contribution in [0.4, 0.5) is 7.77 Å². The Kier molecular flexibility index (Phi) is 7.63. The van der Waals surface area contributed by atoms with Gasteiger partial charge in [-0.15, -0.1) is 7.77 Å². The van der Waals surface area contributed by atoms with Crippen molar-refractivity contribution in [2.45, 2.75) is 50.0 Å². The summed E-state index contributed by atoms with van der Waals surface area (Å²) in [6, 6.07) is 0. The molecule has 2 fully saturated rings. The molecule has 156 valence electrons. The van der Waals surface area contributed by atoms with Gasteiger partial charge in [-0.3, -0.25) is 0 Å². The van der Waals surface area contributed by atoms with Crippen LogP contribution in [0, 0.1) is 0 Å². The highest BCUT2D eigenvalue weighted by Gasteiger charge is 2.60. The molecule has 0 amide bonds. The summed E-state index contributed by atoms with van der Waals surface area (Å²) in [5.74, 6) is 0. The van der Waals surface area contributed by atoms with Gasteiger partial charge in [-0.25, -0.2) is 0 Å². The van der Waals surface area contributed by atoms with Crippen LogP contribution in [-0.2, 0) is 20.4 Å². The third-order valence-electron chi connectivity index (χ3n) is 6.38. The van der Waals surface area contributed by atoms with E-state index in [1.807, 2.05) is 6.92 Å². The molecule has 2 aliphatic rings. The Morgan fingerprint density at radius 1 is 0.731 bits per heavy atom. The Hall–Kier alpha value is -0.320. The first-order valence-corrected chi connectivity index (χ1v) is 12.1. The van der Waals surface area contributed by atoms with E-state index >= 15 is 0 Å². The zero-order valence-corrected chi connectivity index (χ0v) is 18.0. The second kappa shape index (κ2) is 8.36. The number of halogens is 2. The number of nitrogens with zero attached hydrogens (tertiary/aromatic N) is 2. The maximum Gasteiger partial charge on any atom is 0.325 e. The molecule has 0 saturated carbocycles. The molecule has 2 rings (SSSR count). The van der Waals surface area contributed by atoms with Crippen LogP contribution in [0.3, 0.4) is 0 Å². The van der Waals surface area contributed by atoms with Gasteiger partial charge in [0, 0.05) is 12.8 Å². The van der Waals surface area contributed by atoms with Crippen molar-refractivity contribution in [3.05, 3.63) is 0 Å². The van der Waals surface area contributed by atoms with Crippen molar-refractivity contribution in [2.24, 2.45) is 0 Å². The lowest BCUT2D eigenvalue weighted by Crippen LogP contribution is -2.58. The van der Waals surface area contributed by atoms with Gasteiger partial charge in [0.1, 0.15) is 0 Å². The highest BCUT2D eigenvalue weighted by molar-refractivity contribution is 8.05. The van der Waals surface area contributed by atoms with E-state index in [9.17, 15) is 24.6 Å². The lowest BCUT2D eigenvalue weighted by Gasteiger charge is -2.42. The Bertz CT molecular complexity index is 632. The van der Waals surface area contributed by atoms with Gasteiger partial charge < -0.3 is 8.97 Å². The molecule has 0 aromatic carbocycles. The Balaban J connectivity index is 0.000000314. The summed E-state index contributed by atoms with van der Waals surface area (Å²) in [5, 5.41) is 0. The number of hydrogen-bond acceptors (Lipinski definition) is 4. The first-order chi connectivity index (χ1) is 11.7. The summed E-state index contributed by atoms with van der Waals surface area (Å²) in [7, 11) is -6.79. The Labute approximate surface area is 157 Å². The van der Waals surface area contributed by atoms with Crippen LogP contribution < -0.4 is 0 Å². The molecule has 2 saturated heterocycles. The molecule has 2 aliphatic heterocycles. The van der Waals surface area contributed by atoms with Gasteiger partial charge in [0.25, 0.3) is 0 Å². The van der Waals surface area contributed by atoms with Crippen LogP contribution >= 0.6 is 0 Å². The highest BCUT2D eigenvalue weighted by atomic mass is 32.3. The lowest BCUT2D eigenvalue weighted by molar-refractivity contribution is -0.912. The zero-order valence-electron chi connectivity index (χ0n) is 16.4. The van der Waals surface area contributed by atoms with E-state index in [-0.39, 0.29) is 13.1 Å². The van der Waals surface area contributed by atoms with Crippen LogP contribution in [0.2, 0.25) is 0 Å². The predicted molar refractivity (Wildman–Crippen MR) is 98.8 cm³/mol. The van der Waals surface area contributed by atoms with Crippen molar-refractivity contribution in [2.75, 3.05) is 53.4 Å². The SMILES string of the molecule is CC[N+]1(C)CCC(S(=O)(=O)F)(S(=O)(=O)F)CC1.CC[N+]1(C)CCCCC1. The molecule has 0 unspecified atom stereocenters. The molecule has 0 aliphatic carbocycles. The molecule has 10 heteroatoms. The van der Waals surface area contributed by atoms with Crippen molar-refractivity contribution in [1.29, 1.82) is 0 Å². The van der Waals surface area contributed by atoms with Crippen molar-refractivity contribution < 1.29 is 33.6 Å². The topological polar surface area (TPSA) is 68.3 Å². The molecular formula is C16H34F2N2O4S2+2. The standard InChI is InChI=1S/C8H16F2NO4S2.C8H18N/c1-3-11(2)6-4-8(5-7-11,16(9,12)13)17(10,14)15;1-3-9(2)7-5-4-6-8-9/h3-7H2,1-2H3;3-8H2,1-2H3/q2*+1. The maximum atomic E-state index is 13.1. The minimum atomic E-state index is -5.48. The number of rotatable bonds is 4. The molecular weight excluding hydrogens is 386 g/mol. The summed E-state index contributed by atoms with van der Waals surface area (Å²) in [4.78, 5) is 0. The highest BCUT2D eigenvalue weighted by Crippen LogP contribution is 2.39. The molecule has 0 atom stereocenters. The lowest BCUT2D eigenvalue weighted by atomic mass is 10.1. The van der Waals surface area contributed by atoms with Crippen LogP contribution in [0.15, 0.2) is 0 Å². The van der Waals surface area contributed by atoms with Gasteiger partial charge in [-0.2, -0.15) is 16.8 Å². The minimum Gasteiger partial charge on any atom is -0.326 e. The van der Waals surface area contributed by atoms with E-state index in [0.29, 0.717) is 11.0 Å². The average molecular weight is 421 g/mol. The fourth-order valence-electron chi connectivity index (χ4n) is 3.63.